The second kappa shape index (κ2) is 18.4. The van der Waals surface area contributed by atoms with Gasteiger partial charge in [-0.25, -0.2) is 9.78 Å². The maximum Gasteiger partial charge on any atom is 0.323 e. The van der Waals surface area contributed by atoms with Crippen LogP contribution in [0.15, 0.2) is 79.1 Å². The summed E-state index contributed by atoms with van der Waals surface area (Å²) in [6.07, 6.45) is 7.32. The molecule has 2 atom stereocenters. The van der Waals surface area contributed by atoms with Crippen LogP contribution in [0.3, 0.4) is 0 Å². The first kappa shape index (κ1) is 38.8. The van der Waals surface area contributed by atoms with E-state index in [1.54, 1.807) is 54.7 Å². The predicted molar refractivity (Wildman–Crippen MR) is 208 cm³/mol. The van der Waals surface area contributed by atoms with Crippen LogP contribution in [0.4, 0.5) is 21.9 Å². The summed E-state index contributed by atoms with van der Waals surface area (Å²) in [4.78, 5) is 84.4. The summed E-state index contributed by atoms with van der Waals surface area (Å²) in [6.45, 7) is 1.00. The highest BCUT2D eigenvalue weighted by atomic mass is 35.5. The van der Waals surface area contributed by atoms with Gasteiger partial charge in [0, 0.05) is 84.0 Å². The van der Waals surface area contributed by atoms with Crippen LogP contribution in [0.1, 0.15) is 87.3 Å². The molecule has 14 heteroatoms. The van der Waals surface area contributed by atoms with Crippen molar-refractivity contribution in [2.24, 2.45) is 11.8 Å². The fourth-order valence-electron chi connectivity index (χ4n) is 6.90. The van der Waals surface area contributed by atoms with E-state index in [0.29, 0.717) is 91.8 Å². The molecule has 1 fully saturated rings. The highest BCUT2D eigenvalue weighted by Crippen LogP contribution is 2.34. The summed E-state index contributed by atoms with van der Waals surface area (Å²) in [6, 6.07) is 18.9. The molecule has 2 unspecified atom stereocenters. The molecule has 2 aliphatic rings. The van der Waals surface area contributed by atoms with E-state index < -0.39 is 17.9 Å². The maximum atomic E-state index is 13.6. The molecule has 13 nitrogen and oxygen atoms in total. The second-order valence-electron chi connectivity index (χ2n) is 13.7. The van der Waals surface area contributed by atoms with Gasteiger partial charge in [0.15, 0.2) is 11.6 Å². The van der Waals surface area contributed by atoms with Gasteiger partial charge in [-0.05, 0) is 93.0 Å². The number of rotatable bonds is 14. The zero-order valence-corrected chi connectivity index (χ0v) is 30.9. The number of carbonyl (C=O) groups excluding carboxylic acids is 6. The third-order valence-electron chi connectivity index (χ3n) is 9.74. The molecule has 0 bridgehead atoms. The zero-order valence-electron chi connectivity index (χ0n) is 30.2. The number of ketones is 2. The molecule has 1 saturated heterocycles. The third-order valence-corrected chi connectivity index (χ3v) is 9.95. The summed E-state index contributed by atoms with van der Waals surface area (Å²) in [5, 5.41) is 14.4. The lowest BCUT2D eigenvalue weighted by Crippen LogP contribution is -2.41. The lowest BCUT2D eigenvalue weighted by Gasteiger charge is -2.24. The van der Waals surface area contributed by atoms with E-state index in [-0.39, 0.29) is 47.3 Å². The van der Waals surface area contributed by atoms with E-state index in [4.69, 9.17) is 11.6 Å². The van der Waals surface area contributed by atoms with Gasteiger partial charge in [0.2, 0.25) is 11.8 Å². The van der Waals surface area contributed by atoms with Gasteiger partial charge in [0.1, 0.15) is 5.15 Å². The fourth-order valence-corrected chi connectivity index (χ4v) is 7.08. The molecule has 3 heterocycles. The number of anilines is 3. The minimum atomic E-state index is -0.466. The van der Waals surface area contributed by atoms with Crippen LogP contribution < -0.4 is 26.6 Å². The van der Waals surface area contributed by atoms with Gasteiger partial charge in [-0.2, -0.15) is 0 Å². The van der Waals surface area contributed by atoms with Crippen molar-refractivity contribution in [1.82, 2.24) is 20.6 Å². The Labute approximate surface area is 323 Å². The van der Waals surface area contributed by atoms with Crippen molar-refractivity contribution in [3.63, 3.8) is 0 Å². The Kier molecular flexibility index (Phi) is 13.0. The number of nitrogens with zero attached hydrogens (tertiary/aromatic N) is 2. The first-order valence-electron chi connectivity index (χ1n) is 18.4. The first-order valence-corrected chi connectivity index (χ1v) is 18.8. The summed E-state index contributed by atoms with van der Waals surface area (Å²) in [5.41, 5.74) is 4.78. The summed E-state index contributed by atoms with van der Waals surface area (Å²) in [7, 11) is 0. The average molecular weight is 764 g/mol. The third kappa shape index (κ3) is 10.6. The predicted octanol–water partition coefficient (Wildman–Crippen LogP) is 6.40. The number of fused-ring (bicyclic) bond motifs is 1. The Bertz CT molecular complexity index is 2110. The van der Waals surface area contributed by atoms with Crippen molar-refractivity contribution in [3.05, 3.63) is 112 Å². The first-order chi connectivity index (χ1) is 26.6. The number of pyridine rings is 2. The number of hydrogen-bond acceptors (Lipinski definition) is 9. The molecular formula is C41H42ClN7O6. The molecule has 4 aromatic rings. The smallest absolute Gasteiger partial charge is 0.323 e. The number of piperidine rings is 1. The van der Waals surface area contributed by atoms with E-state index >= 15 is 0 Å². The minimum absolute atomic E-state index is 0.109. The van der Waals surface area contributed by atoms with E-state index in [2.05, 4.69) is 36.6 Å². The van der Waals surface area contributed by atoms with Gasteiger partial charge in [-0.3, -0.25) is 34.3 Å². The topological polar surface area (TPSA) is 188 Å². The number of Topliss-reactive ketones (excluding diaryl/α,β-unsaturated/α-hetero) is 2. The summed E-state index contributed by atoms with van der Waals surface area (Å²) < 4.78 is 0. The Morgan fingerprint density at radius 2 is 1.55 bits per heavy atom. The quantitative estimate of drug-likeness (QED) is 0.0419. The number of aromatic nitrogens is 2. The molecule has 1 aliphatic heterocycles. The Morgan fingerprint density at radius 3 is 2.35 bits per heavy atom. The summed E-state index contributed by atoms with van der Waals surface area (Å²) in [5.74, 6) is -1.96. The van der Waals surface area contributed by atoms with Crippen LogP contribution in [0, 0.1) is 11.8 Å². The van der Waals surface area contributed by atoms with E-state index in [0.717, 1.165) is 11.3 Å². The summed E-state index contributed by atoms with van der Waals surface area (Å²) >= 11 is 5.89. The minimum Gasteiger partial charge on any atom is -0.384 e. The van der Waals surface area contributed by atoms with E-state index in [1.807, 2.05) is 18.2 Å². The van der Waals surface area contributed by atoms with Gasteiger partial charge < -0.3 is 21.3 Å². The molecule has 5 amide bonds. The molecule has 2 aromatic heterocycles. The van der Waals surface area contributed by atoms with Crippen LogP contribution in [-0.4, -0.2) is 58.4 Å². The number of carbonyl (C=O) groups is 6. The van der Waals surface area contributed by atoms with Crippen molar-refractivity contribution in [1.29, 1.82) is 0 Å². The van der Waals surface area contributed by atoms with Crippen molar-refractivity contribution in [2.75, 3.05) is 29.0 Å². The lowest BCUT2D eigenvalue weighted by atomic mass is 9.83. The van der Waals surface area contributed by atoms with Crippen molar-refractivity contribution < 1.29 is 28.8 Å². The molecule has 5 N–H and O–H groups in total. The average Bonchev–Trinajstić information content (AvgIpc) is 3.29. The number of aryl methyl sites for hydroxylation is 2. The van der Waals surface area contributed by atoms with Gasteiger partial charge in [-0.15, -0.1) is 0 Å². The molecule has 284 valence electrons. The number of halogens is 1. The van der Waals surface area contributed by atoms with Crippen LogP contribution in [0.5, 0.6) is 0 Å². The molecule has 1 aliphatic carbocycles. The van der Waals surface area contributed by atoms with Crippen molar-refractivity contribution >= 4 is 64.0 Å². The number of nitrogens with one attached hydrogen (secondary N) is 5. The van der Waals surface area contributed by atoms with Crippen LogP contribution in [0.25, 0.3) is 0 Å². The SMILES string of the molecule is O=C1CCC(CC2CCC(=O)c3c(NCCCCNC(=O)c4cccc(CCc5cc(NC(=O)Nc6ccnc(Cl)c6)ccn5)c4)cccc3C2=O)C(=O)N1. The monoisotopic (exact) mass is 763 g/mol. The Balaban J connectivity index is 0.936. The molecular weight excluding hydrogens is 722 g/mol. The number of unbranched alkanes of at least 4 members (excludes halogenated alkanes) is 1. The highest BCUT2D eigenvalue weighted by molar-refractivity contribution is 6.29. The van der Waals surface area contributed by atoms with Crippen LogP contribution >= 0.6 is 11.6 Å². The molecule has 0 radical (unpaired) electrons. The Morgan fingerprint density at radius 1 is 0.800 bits per heavy atom. The van der Waals surface area contributed by atoms with Gasteiger partial charge in [-0.1, -0.05) is 35.9 Å². The zero-order chi connectivity index (χ0) is 38.7. The van der Waals surface area contributed by atoms with Gasteiger partial charge in [0.25, 0.3) is 5.91 Å². The standard InChI is InChI=1S/C41H42ClN7O6/c42-35-24-31(16-20-45-35)48-41(55)47-30-15-19-43-29(23-30)12-9-25-5-3-6-27(21-25)39(53)46-18-2-1-17-44-33-8-4-7-32-37(33)34(50)13-10-26(38(32)52)22-28-11-14-36(51)49-40(28)54/h3-8,15-16,19-21,23-24,26,28,44H,1-2,9-14,17-18,22H2,(H,46,53)(H,49,51,54)(H2,43,45,47,48,55). The fraction of sp³-hybridized carbons (Fsp3) is 0.317. The highest BCUT2D eigenvalue weighted by Gasteiger charge is 2.35. The molecule has 0 saturated carbocycles. The lowest BCUT2D eigenvalue weighted by molar-refractivity contribution is -0.136. The molecule has 55 heavy (non-hydrogen) atoms. The number of benzene rings is 2. The van der Waals surface area contributed by atoms with Crippen molar-refractivity contribution in [3.8, 4) is 0 Å². The van der Waals surface area contributed by atoms with Crippen LogP contribution in [-0.2, 0) is 22.4 Å². The van der Waals surface area contributed by atoms with Crippen molar-refractivity contribution in [2.45, 2.75) is 57.8 Å². The molecule has 2 aromatic carbocycles. The molecule has 0 spiro atoms. The normalized spacial score (nSPS) is 16.7. The van der Waals surface area contributed by atoms with Gasteiger partial charge >= 0.3 is 6.03 Å². The maximum absolute atomic E-state index is 13.6. The number of urea groups is 1. The Hall–Kier alpha value is -5.95. The number of amides is 5. The van der Waals surface area contributed by atoms with E-state index in [1.165, 1.54) is 6.20 Å². The number of imide groups is 1. The molecule has 6 rings (SSSR count). The number of hydrogen-bond donors (Lipinski definition) is 5. The van der Waals surface area contributed by atoms with E-state index in [9.17, 15) is 28.8 Å². The van der Waals surface area contributed by atoms with Crippen LogP contribution in [0.2, 0.25) is 5.15 Å². The second-order valence-corrected chi connectivity index (χ2v) is 14.1. The van der Waals surface area contributed by atoms with Gasteiger partial charge in [0.05, 0.1) is 5.56 Å². The largest absolute Gasteiger partial charge is 0.384 e.